The fraction of sp³-hybridized carbons (Fsp3) is 0.226. The molecular weight excluding hydrogens is 478 g/mol. The molecular formula is C31H29N3O4. The number of aryl methyl sites for hydroxylation is 1. The molecule has 0 saturated carbocycles. The first kappa shape index (κ1) is 25.1. The molecule has 0 saturated heterocycles. The van der Waals surface area contributed by atoms with Crippen LogP contribution < -0.4 is 5.56 Å². The van der Waals surface area contributed by atoms with E-state index in [1.807, 2.05) is 75.4 Å². The lowest BCUT2D eigenvalue weighted by Crippen LogP contribution is -2.28. The van der Waals surface area contributed by atoms with Crippen LogP contribution in [0.2, 0.25) is 0 Å². The number of Topliss-reactive ketones (excluding diaryl/α,β-unsaturated/α-hetero) is 1. The highest BCUT2D eigenvalue weighted by molar-refractivity contribution is 6.15. The molecule has 7 nitrogen and oxygen atoms in total. The number of hydrogen-bond acceptors (Lipinski definition) is 5. The molecule has 0 aliphatic rings. The van der Waals surface area contributed by atoms with Crippen LogP contribution in [0, 0.1) is 5.92 Å². The molecule has 192 valence electrons. The molecule has 2 aromatic heterocycles. The number of hydrogen-bond donors (Lipinski definition) is 0. The summed E-state index contributed by atoms with van der Waals surface area (Å²) in [6.07, 6.45) is 0. The first-order valence-corrected chi connectivity index (χ1v) is 12.8. The number of benzene rings is 3. The van der Waals surface area contributed by atoms with Crippen molar-refractivity contribution >= 4 is 33.4 Å². The zero-order valence-corrected chi connectivity index (χ0v) is 21.7. The minimum absolute atomic E-state index is 0.0212. The number of carbonyl (C=O) groups is 2. The van der Waals surface area contributed by atoms with Crippen LogP contribution in [0.3, 0.4) is 0 Å². The Balaban J connectivity index is 1.52. The predicted octanol–water partition coefficient (Wildman–Crippen LogP) is 5.73. The zero-order chi connectivity index (χ0) is 26.8. The fourth-order valence-corrected chi connectivity index (χ4v) is 4.94. The van der Waals surface area contributed by atoms with Crippen molar-refractivity contribution in [1.82, 2.24) is 14.3 Å². The Morgan fingerprint density at radius 2 is 1.50 bits per heavy atom. The topological polar surface area (TPSA) is 83.2 Å². The van der Waals surface area contributed by atoms with E-state index in [9.17, 15) is 14.4 Å². The van der Waals surface area contributed by atoms with Gasteiger partial charge in [0, 0.05) is 29.4 Å². The zero-order valence-electron chi connectivity index (χ0n) is 21.7. The number of rotatable bonds is 8. The molecule has 0 aliphatic carbocycles. The lowest BCUT2D eigenvalue weighted by Gasteiger charge is -2.13. The van der Waals surface area contributed by atoms with E-state index < -0.39 is 12.6 Å². The van der Waals surface area contributed by atoms with Gasteiger partial charge in [-0.3, -0.25) is 9.59 Å². The van der Waals surface area contributed by atoms with Crippen LogP contribution in [0.15, 0.2) is 83.7 Å². The predicted molar refractivity (Wildman–Crippen MR) is 149 cm³/mol. The summed E-state index contributed by atoms with van der Waals surface area (Å²) in [5.74, 6) is -0.896. The van der Waals surface area contributed by atoms with Crippen molar-refractivity contribution in [2.75, 3.05) is 6.61 Å². The number of para-hydroxylation sites is 1. The van der Waals surface area contributed by atoms with Gasteiger partial charge in [0.25, 0.3) is 5.56 Å². The molecule has 0 atom stereocenters. The highest BCUT2D eigenvalue weighted by Gasteiger charge is 2.25. The molecule has 0 amide bonds. The number of fused-ring (bicyclic) bond motifs is 2. The lowest BCUT2D eigenvalue weighted by molar-refractivity contribution is 0.0469. The molecule has 5 rings (SSSR count). The van der Waals surface area contributed by atoms with Crippen LogP contribution in [-0.4, -0.2) is 32.7 Å². The molecule has 2 heterocycles. The van der Waals surface area contributed by atoms with Gasteiger partial charge >= 0.3 is 5.97 Å². The van der Waals surface area contributed by atoms with Crippen LogP contribution >= 0.6 is 0 Å². The van der Waals surface area contributed by atoms with E-state index in [0.29, 0.717) is 29.4 Å². The first-order valence-electron chi connectivity index (χ1n) is 12.8. The van der Waals surface area contributed by atoms with Crippen LogP contribution in [0.4, 0.5) is 0 Å². The van der Waals surface area contributed by atoms with Crippen LogP contribution in [0.25, 0.3) is 32.9 Å². The molecule has 0 aliphatic heterocycles. The van der Waals surface area contributed by atoms with Gasteiger partial charge in [-0.2, -0.15) is 5.10 Å². The normalized spacial score (nSPS) is 11.4. The summed E-state index contributed by atoms with van der Waals surface area (Å²) in [5.41, 5.74) is 2.92. The number of esters is 1. The van der Waals surface area contributed by atoms with Crippen molar-refractivity contribution in [3.05, 3.63) is 100 Å². The van der Waals surface area contributed by atoms with Gasteiger partial charge in [-0.1, -0.05) is 80.6 Å². The second-order valence-corrected chi connectivity index (χ2v) is 9.63. The minimum atomic E-state index is -0.743. The Bertz CT molecular complexity index is 1710. The SMILES string of the molecule is CCn1c(-c2ccccc2)c(C(=O)COC(=O)c2nn(CC(C)C)c(=O)c3ccccc23)c2ccccc21. The summed E-state index contributed by atoms with van der Waals surface area (Å²) < 4.78 is 8.97. The molecule has 0 radical (unpaired) electrons. The lowest BCUT2D eigenvalue weighted by atomic mass is 10.0. The number of ether oxygens (including phenoxy) is 1. The number of aromatic nitrogens is 3. The van der Waals surface area contributed by atoms with Crippen molar-refractivity contribution in [1.29, 1.82) is 0 Å². The van der Waals surface area contributed by atoms with Crippen molar-refractivity contribution in [2.45, 2.75) is 33.9 Å². The van der Waals surface area contributed by atoms with Gasteiger partial charge < -0.3 is 9.30 Å². The van der Waals surface area contributed by atoms with E-state index in [1.165, 1.54) is 4.68 Å². The standard InChI is InChI=1S/C31H29N3O4/c1-4-33-25-17-11-10-16-24(25)27(29(33)21-12-6-5-7-13-21)26(35)19-38-31(37)28-22-14-8-9-15-23(22)30(36)34(32-28)18-20(2)3/h5-17,20H,4,18-19H2,1-3H3. The Hall–Kier alpha value is -4.52. The van der Waals surface area contributed by atoms with E-state index in [0.717, 1.165) is 22.2 Å². The monoisotopic (exact) mass is 507 g/mol. The van der Waals surface area contributed by atoms with E-state index in [-0.39, 0.29) is 23.0 Å². The summed E-state index contributed by atoms with van der Waals surface area (Å²) in [7, 11) is 0. The Kier molecular flexibility index (Phi) is 6.92. The maximum atomic E-state index is 13.7. The molecule has 3 aromatic carbocycles. The maximum Gasteiger partial charge on any atom is 0.359 e. The fourth-order valence-electron chi connectivity index (χ4n) is 4.94. The molecule has 5 aromatic rings. The largest absolute Gasteiger partial charge is 0.452 e. The van der Waals surface area contributed by atoms with Gasteiger partial charge in [0.15, 0.2) is 12.3 Å². The Labute approximate surface area is 220 Å². The second kappa shape index (κ2) is 10.5. The van der Waals surface area contributed by atoms with E-state index in [2.05, 4.69) is 9.67 Å². The van der Waals surface area contributed by atoms with Gasteiger partial charge in [-0.15, -0.1) is 0 Å². The Morgan fingerprint density at radius 1 is 0.868 bits per heavy atom. The van der Waals surface area contributed by atoms with Crippen molar-refractivity contribution in [3.8, 4) is 11.3 Å². The van der Waals surface area contributed by atoms with Crippen LogP contribution in [-0.2, 0) is 17.8 Å². The van der Waals surface area contributed by atoms with Gasteiger partial charge in [0.1, 0.15) is 0 Å². The molecule has 0 spiro atoms. The van der Waals surface area contributed by atoms with Crippen LogP contribution in [0.1, 0.15) is 41.6 Å². The van der Waals surface area contributed by atoms with Gasteiger partial charge in [0.05, 0.1) is 16.6 Å². The first-order chi connectivity index (χ1) is 18.4. The summed E-state index contributed by atoms with van der Waals surface area (Å²) >= 11 is 0. The number of ketones is 1. The highest BCUT2D eigenvalue weighted by Crippen LogP contribution is 2.34. The number of nitrogens with zero attached hydrogens (tertiary/aromatic N) is 3. The molecule has 0 bridgehead atoms. The number of carbonyl (C=O) groups excluding carboxylic acids is 2. The molecule has 38 heavy (non-hydrogen) atoms. The quantitative estimate of drug-likeness (QED) is 0.198. The van der Waals surface area contributed by atoms with E-state index in [1.54, 1.807) is 24.3 Å². The van der Waals surface area contributed by atoms with Crippen molar-refractivity contribution in [2.24, 2.45) is 5.92 Å². The van der Waals surface area contributed by atoms with Gasteiger partial charge in [0.2, 0.25) is 5.78 Å². The smallest absolute Gasteiger partial charge is 0.359 e. The average Bonchev–Trinajstić information content (AvgIpc) is 3.28. The molecule has 7 heteroatoms. The highest BCUT2D eigenvalue weighted by atomic mass is 16.5. The van der Waals surface area contributed by atoms with Crippen LogP contribution in [0.5, 0.6) is 0 Å². The van der Waals surface area contributed by atoms with Crippen molar-refractivity contribution < 1.29 is 14.3 Å². The summed E-state index contributed by atoms with van der Waals surface area (Å²) in [5, 5.41) is 5.94. The summed E-state index contributed by atoms with van der Waals surface area (Å²) in [4.78, 5) is 39.9. The minimum Gasteiger partial charge on any atom is -0.452 e. The van der Waals surface area contributed by atoms with Gasteiger partial charge in [-0.25, -0.2) is 9.48 Å². The van der Waals surface area contributed by atoms with Gasteiger partial charge in [-0.05, 0) is 30.5 Å². The van der Waals surface area contributed by atoms with E-state index in [4.69, 9.17) is 4.74 Å². The molecule has 0 N–H and O–H groups in total. The maximum absolute atomic E-state index is 13.7. The molecule has 0 fully saturated rings. The van der Waals surface area contributed by atoms with E-state index >= 15 is 0 Å². The third-order valence-corrected chi connectivity index (χ3v) is 6.55. The summed E-state index contributed by atoms with van der Waals surface area (Å²) in [6.45, 7) is 6.56. The Morgan fingerprint density at radius 3 is 2.18 bits per heavy atom. The average molecular weight is 508 g/mol. The second-order valence-electron chi connectivity index (χ2n) is 9.63. The third-order valence-electron chi connectivity index (χ3n) is 6.55. The molecule has 0 unspecified atom stereocenters. The van der Waals surface area contributed by atoms with Crippen molar-refractivity contribution in [3.63, 3.8) is 0 Å². The third kappa shape index (κ3) is 4.52. The summed E-state index contributed by atoms with van der Waals surface area (Å²) in [6, 6.07) is 24.3.